The van der Waals surface area contributed by atoms with Gasteiger partial charge in [0.05, 0.1) is 6.54 Å². The van der Waals surface area contributed by atoms with E-state index in [9.17, 15) is 19.2 Å². The van der Waals surface area contributed by atoms with Gasteiger partial charge in [-0.3, -0.25) is 24.5 Å². The van der Waals surface area contributed by atoms with E-state index >= 15 is 0 Å². The normalized spacial score (nSPS) is 17.6. The number of benzene rings is 1. The highest BCUT2D eigenvalue weighted by molar-refractivity contribution is 6.06. The molecule has 2 aliphatic heterocycles. The van der Waals surface area contributed by atoms with E-state index in [1.54, 1.807) is 18.2 Å². The maximum absolute atomic E-state index is 12.7. The molecular formula is C20H26N4O6. The number of fused-ring (bicyclic) bond motifs is 1. The predicted molar refractivity (Wildman–Crippen MR) is 103 cm³/mol. The second-order valence-corrected chi connectivity index (χ2v) is 7.08. The molecule has 162 valence electrons. The number of anilines is 1. The van der Waals surface area contributed by atoms with E-state index in [0.717, 1.165) is 26.3 Å². The van der Waals surface area contributed by atoms with Crippen molar-refractivity contribution >= 4 is 35.3 Å². The van der Waals surface area contributed by atoms with E-state index in [1.807, 2.05) is 0 Å². The fourth-order valence-corrected chi connectivity index (χ4v) is 3.38. The highest BCUT2D eigenvalue weighted by Crippen LogP contribution is 2.32. The summed E-state index contributed by atoms with van der Waals surface area (Å²) in [6.45, 7) is 2.01. The summed E-state index contributed by atoms with van der Waals surface area (Å²) in [5, 5.41) is 14.0. The number of amides is 4. The van der Waals surface area contributed by atoms with Crippen LogP contribution in [0.4, 0.5) is 5.69 Å². The van der Waals surface area contributed by atoms with Gasteiger partial charge in [0.25, 0.3) is 5.91 Å². The van der Waals surface area contributed by atoms with E-state index in [2.05, 4.69) is 16.4 Å². The molecule has 3 rings (SSSR count). The summed E-state index contributed by atoms with van der Waals surface area (Å²) >= 11 is 0. The number of aliphatic carboxylic acids is 1. The van der Waals surface area contributed by atoms with E-state index in [1.165, 1.54) is 4.90 Å². The predicted octanol–water partition coefficient (Wildman–Crippen LogP) is -1.45. The van der Waals surface area contributed by atoms with E-state index in [-0.39, 0.29) is 30.7 Å². The van der Waals surface area contributed by atoms with Crippen LogP contribution in [0.5, 0.6) is 0 Å². The Labute approximate surface area is 173 Å². The van der Waals surface area contributed by atoms with E-state index in [0.29, 0.717) is 29.7 Å². The average molecular weight is 418 g/mol. The highest BCUT2D eigenvalue weighted by atomic mass is 16.4. The standard InChI is InChI=1S/C18H22N4O4.C2H4O2/c19-9-2-1-6-15(23)20-13-5-3-4-11-12(13)10-22(18(11)26)14-7-8-16(24)21-17(14)25;1-2(3)4/h3-5,14H,1-2,6-10,19H2,(H,20,23)(H,21,24,25);1H3,(H,3,4). The highest BCUT2D eigenvalue weighted by Gasteiger charge is 2.39. The van der Waals surface area contributed by atoms with Crippen LogP contribution in [0.15, 0.2) is 18.2 Å². The van der Waals surface area contributed by atoms with Crippen molar-refractivity contribution < 1.29 is 34.8 Å². The van der Waals surface area contributed by atoms with Crippen LogP contribution in [0.3, 0.4) is 0 Å². The average Bonchev–Trinajstić information content (AvgIpc) is 2.99. The third kappa shape index (κ3) is 5.86. The Morgan fingerprint density at radius 2 is 1.97 bits per heavy atom. The van der Waals surface area contributed by atoms with Crippen LogP contribution in [0.1, 0.15) is 54.9 Å². The molecule has 1 unspecified atom stereocenters. The lowest BCUT2D eigenvalue weighted by Gasteiger charge is -2.29. The largest absolute Gasteiger partial charge is 0.550 e. The molecule has 0 saturated carbocycles. The molecule has 0 aromatic heterocycles. The summed E-state index contributed by atoms with van der Waals surface area (Å²) in [5.74, 6) is -2.19. The first-order valence-electron chi connectivity index (χ1n) is 9.77. The first-order chi connectivity index (χ1) is 14.2. The fourth-order valence-electron chi connectivity index (χ4n) is 3.38. The second kappa shape index (κ2) is 10.5. The molecule has 10 nitrogen and oxygen atoms in total. The smallest absolute Gasteiger partial charge is 0.255 e. The Balaban J connectivity index is 0.000000735. The minimum absolute atomic E-state index is 0.0984. The maximum atomic E-state index is 12.7. The Morgan fingerprint density at radius 3 is 2.60 bits per heavy atom. The van der Waals surface area contributed by atoms with E-state index < -0.39 is 17.9 Å². The lowest BCUT2D eigenvalue weighted by atomic mass is 10.0. The van der Waals surface area contributed by atoms with Crippen molar-refractivity contribution in [3.8, 4) is 0 Å². The number of quaternary nitrogens is 1. The van der Waals surface area contributed by atoms with Crippen LogP contribution in [0.25, 0.3) is 0 Å². The van der Waals surface area contributed by atoms with Crippen LogP contribution in [-0.2, 0) is 25.7 Å². The van der Waals surface area contributed by atoms with Crippen molar-refractivity contribution in [2.24, 2.45) is 0 Å². The quantitative estimate of drug-likeness (QED) is 0.378. The van der Waals surface area contributed by atoms with Crippen LogP contribution in [-0.4, -0.2) is 47.1 Å². The molecule has 1 fully saturated rings. The van der Waals surface area contributed by atoms with Crippen molar-refractivity contribution in [2.45, 2.75) is 51.6 Å². The van der Waals surface area contributed by atoms with Gasteiger partial charge in [-0.2, -0.15) is 0 Å². The number of hydrogen-bond donors (Lipinski definition) is 3. The van der Waals surface area contributed by atoms with Gasteiger partial charge >= 0.3 is 0 Å². The van der Waals surface area contributed by atoms with Crippen LogP contribution in [0, 0.1) is 0 Å². The molecule has 1 atom stereocenters. The molecule has 0 aliphatic carbocycles. The van der Waals surface area contributed by atoms with Gasteiger partial charge in [-0.15, -0.1) is 0 Å². The number of piperidine rings is 1. The number of rotatable bonds is 6. The molecule has 1 aromatic carbocycles. The molecule has 1 aromatic rings. The Kier molecular flexibility index (Phi) is 8.05. The zero-order valence-corrected chi connectivity index (χ0v) is 16.9. The van der Waals surface area contributed by atoms with E-state index in [4.69, 9.17) is 9.90 Å². The molecule has 2 heterocycles. The molecule has 0 spiro atoms. The molecule has 30 heavy (non-hydrogen) atoms. The maximum Gasteiger partial charge on any atom is 0.255 e. The molecule has 0 bridgehead atoms. The minimum Gasteiger partial charge on any atom is -0.550 e. The number of carbonyl (C=O) groups excluding carboxylic acids is 5. The van der Waals surface area contributed by atoms with Crippen molar-refractivity contribution in [2.75, 3.05) is 11.9 Å². The van der Waals surface area contributed by atoms with Gasteiger partial charge in [-0.25, -0.2) is 0 Å². The zero-order chi connectivity index (χ0) is 22.3. The summed E-state index contributed by atoms with van der Waals surface area (Å²) in [4.78, 5) is 58.6. The summed E-state index contributed by atoms with van der Waals surface area (Å²) in [6, 6.07) is 4.52. The summed E-state index contributed by atoms with van der Waals surface area (Å²) in [5.41, 5.74) is 5.57. The summed E-state index contributed by atoms with van der Waals surface area (Å²) < 4.78 is 0. The Morgan fingerprint density at radius 1 is 1.27 bits per heavy atom. The van der Waals surface area contributed by atoms with Crippen LogP contribution >= 0.6 is 0 Å². The van der Waals surface area contributed by atoms with Gasteiger partial charge in [0.2, 0.25) is 17.7 Å². The lowest BCUT2D eigenvalue weighted by Crippen LogP contribution is -2.52. The van der Waals surface area contributed by atoms with Gasteiger partial charge in [-0.05, 0) is 38.3 Å². The fraction of sp³-hybridized carbons (Fsp3) is 0.450. The Hall–Kier alpha value is -3.27. The third-order valence-corrected chi connectivity index (χ3v) is 4.76. The first-order valence-corrected chi connectivity index (χ1v) is 9.77. The Bertz CT molecular complexity index is 850. The van der Waals surface area contributed by atoms with Crippen molar-refractivity contribution in [1.29, 1.82) is 0 Å². The molecule has 2 aliphatic rings. The molecule has 4 amide bonds. The lowest BCUT2D eigenvalue weighted by molar-refractivity contribution is -0.368. The third-order valence-electron chi connectivity index (χ3n) is 4.76. The number of nitrogens with one attached hydrogen (secondary N) is 2. The van der Waals surface area contributed by atoms with Crippen molar-refractivity contribution in [3.63, 3.8) is 0 Å². The summed E-state index contributed by atoms with van der Waals surface area (Å²) in [6.07, 6.45) is 2.60. The van der Waals surface area contributed by atoms with Crippen molar-refractivity contribution in [1.82, 2.24) is 10.2 Å². The number of hydrogen-bond acceptors (Lipinski definition) is 6. The van der Waals surface area contributed by atoms with Gasteiger partial charge in [0, 0.05) is 42.2 Å². The molecule has 1 saturated heterocycles. The number of carboxylic acid groups (broad SMARTS) is 1. The SMILES string of the molecule is CC(=O)[O-].[NH3+]CCCCC(=O)Nc1cccc2c1CN(C1CCC(=O)NC1=O)C2=O. The number of unbranched alkanes of at least 4 members (excludes halogenated alkanes) is 1. The topological polar surface area (TPSA) is 163 Å². The van der Waals surface area contributed by atoms with Gasteiger partial charge in [0.15, 0.2) is 0 Å². The van der Waals surface area contributed by atoms with Gasteiger partial charge in [0.1, 0.15) is 6.04 Å². The monoisotopic (exact) mass is 418 g/mol. The molecule has 5 N–H and O–H groups in total. The number of imide groups is 1. The van der Waals surface area contributed by atoms with Gasteiger partial charge < -0.3 is 25.9 Å². The van der Waals surface area contributed by atoms with Crippen LogP contribution < -0.4 is 21.5 Å². The first kappa shape index (κ1) is 23.0. The van der Waals surface area contributed by atoms with Crippen molar-refractivity contribution in [3.05, 3.63) is 29.3 Å². The second-order valence-electron chi connectivity index (χ2n) is 7.08. The number of nitrogens with zero attached hydrogens (tertiary/aromatic N) is 1. The molecule has 0 radical (unpaired) electrons. The van der Waals surface area contributed by atoms with Gasteiger partial charge in [-0.1, -0.05) is 6.07 Å². The van der Waals surface area contributed by atoms with Crippen LogP contribution in [0.2, 0.25) is 0 Å². The zero-order valence-electron chi connectivity index (χ0n) is 16.9. The number of carbonyl (C=O) groups is 5. The minimum atomic E-state index is -1.08. The number of carboxylic acids is 1. The molecular weight excluding hydrogens is 392 g/mol. The summed E-state index contributed by atoms with van der Waals surface area (Å²) in [7, 11) is 0. The molecule has 10 heteroatoms.